The number of hydrogen-bond acceptors (Lipinski definition) is 5. The number of alkyl halides is 3. The Morgan fingerprint density at radius 2 is 1.79 bits per heavy atom. The van der Waals surface area contributed by atoms with E-state index in [-0.39, 0.29) is 18.3 Å². The van der Waals surface area contributed by atoms with Crippen LogP contribution in [0.15, 0.2) is 54.4 Å². The quantitative estimate of drug-likeness (QED) is 0.518. The minimum atomic E-state index is -4.46. The van der Waals surface area contributed by atoms with Gasteiger partial charge in [0, 0.05) is 18.2 Å². The maximum atomic E-state index is 12.6. The van der Waals surface area contributed by atoms with Gasteiger partial charge in [-0.1, -0.05) is 31.0 Å². The lowest BCUT2D eigenvalue weighted by Crippen LogP contribution is -2.44. The Balaban J connectivity index is 1.35. The molecule has 0 amide bonds. The van der Waals surface area contributed by atoms with Crippen molar-refractivity contribution in [3.8, 4) is 5.75 Å². The third-order valence-corrected chi connectivity index (χ3v) is 6.45. The molecule has 5 nitrogen and oxygen atoms in total. The van der Waals surface area contributed by atoms with Crippen LogP contribution in [0.2, 0.25) is 0 Å². The normalized spacial score (nSPS) is 21.5. The molecule has 0 bridgehead atoms. The molecule has 4 rings (SSSR count). The van der Waals surface area contributed by atoms with Crippen molar-refractivity contribution >= 4 is 5.97 Å². The van der Waals surface area contributed by atoms with Crippen molar-refractivity contribution in [2.24, 2.45) is 5.92 Å². The number of aromatic nitrogens is 1. The van der Waals surface area contributed by atoms with Crippen molar-refractivity contribution in [2.45, 2.75) is 63.3 Å². The predicted octanol–water partition coefficient (Wildman–Crippen LogP) is 5.93. The maximum absolute atomic E-state index is 12.6. The van der Waals surface area contributed by atoms with E-state index in [1.807, 2.05) is 12.1 Å². The van der Waals surface area contributed by atoms with Crippen molar-refractivity contribution in [2.75, 3.05) is 0 Å². The lowest BCUT2D eigenvalue weighted by molar-refractivity contribution is -0.165. The highest BCUT2D eigenvalue weighted by Gasteiger charge is 2.45. The number of rotatable bonds is 7. The number of carbonyl (C=O) groups is 1. The Kier molecular flexibility index (Phi) is 6.63. The molecule has 1 aliphatic heterocycles. The van der Waals surface area contributed by atoms with Crippen molar-refractivity contribution in [1.29, 1.82) is 0 Å². The van der Waals surface area contributed by atoms with Crippen molar-refractivity contribution in [1.82, 2.24) is 4.98 Å². The summed E-state index contributed by atoms with van der Waals surface area (Å²) >= 11 is 0. The minimum Gasteiger partial charge on any atom is -0.512 e. The Hall–Kier alpha value is -3.03. The zero-order valence-corrected chi connectivity index (χ0v) is 18.1. The SMILES string of the molecule is O=C1C=C(O)CC(CCc2ccc(OCc3ccc(C(F)(F)F)nc3)cc2)(C2CCCC2)O1. The summed E-state index contributed by atoms with van der Waals surface area (Å²) in [4.78, 5) is 15.5. The average Bonchev–Trinajstić information content (AvgIpc) is 3.32. The summed E-state index contributed by atoms with van der Waals surface area (Å²) in [5.41, 5.74) is -0.0195. The smallest absolute Gasteiger partial charge is 0.433 e. The monoisotopic (exact) mass is 461 g/mol. The molecule has 2 aromatic rings. The Morgan fingerprint density at radius 3 is 2.39 bits per heavy atom. The number of pyridine rings is 1. The van der Waals surface area contributed by atoms with E-state index in [9.17, 15) is 23.1 Å². The van der Waals surface area contributed by atoms with Gasteiger partial charge in [-0.25, -0.2) is 4.79 Å². The number of benzene rings is 1. The van der Waals surface area contributed by atoms with E-state index in [1.54, 1.807) is 12.1 Å². The van der Waals surface area contributed by atoms with Gasteiger partial charge >= 0.3 is 12.1 Å². The summed E-state index contributed by atoms with van der Waals surface area (Å²) in [5.74, 6) is 0.442. The number of aliphatic hydroxyl groups is 1. The van der Waals surface area contributed by atoms with Crippen LogP contribution in [-0.2, 0) is 28.7 Å². The lowest BCUT2D eigenvalue weighted by Gasteiger charge is -2.40. The van der Waals surface area contributed by atoms with Crippen molar-refractivity contribution in [3.63, 3.8) is 0 Å². The van der Waals surface area contributed by atoms with Gasteiger partial charge in [0.15, 0.2) is 0 Å². The van der Waals surface area contributed by atoms with Gasteiger partial charge in [0.05, 0.1) is 6.08 Å². The van der Waals surface area contributed by atoms with Crippen LogP contribution in [0.4, 0.5) is 13.2 Å². The number of esters is 1. The number of nitrogens with zero attached hydrogens (tertiary/aromatic N) is 1. The van der Waals surface area contributed by atoms with Gasteiger partial charge in [-0.15, -0.1) is 0 Å². The molecule has 2 heterocycles. The average molecular weight is 461 g/mol. The molecule has 0 saturated heterocycles. The second-order valence-electron chi connectivity index (χ2n) is 8.76. The van der Waals surface area contributed by atoms with E-state index in [4.69, 9.17) is 9.47 Å². The maximum Gasteiger partial charge on any atom is 0.433 e. The Morgan fingerprint density at radius 1 is 1.09 bits per heavy atom. The van der Waals surface area contributed by atoms with Gasteiger partial charge in [-0.05, 0) is 55.4 Å². The van der Waals surface area contributed by atoms with Crippen LogP contribution in [0, 0.1) is 5.92 Å². The standard InChI is InChI=1S/C25H26F3NO4/c26-25(27,28)22-10-7-18(15-29-22)16-32-21-8-5-17(6-9-21)11-12-24(19-3-1-2-4-19)14-20(30)13-23(31)33-24/h5-10,13,15,19,30H,1-4,11-12,14,16H2. The third-order valence-electron chi connectivity index (χ3n) is 6.45. The molecule has 1 atom stereocenters. The van der Waals surface area contributed by atoms with Crippen molar-refractivity contribution < 1.29 is 32.5 Å². The summed E-state index contributed by atoms with van der Waals surface area (Å²) in [5, 5.41) is 10.1. The van der Waals surface area contributed by atoms with Crippen LogP contribution in [0.1, 0.15) is 55.3 Å². The number of aryl methyl sites for hydroxylation is 1. The molecule has 1 aromatic heterocycles. The summed E-state index contributed by atoms with van der Waals surface area (Å²) < 4.78 is 49.3. The fourth-order valence-electron chi connectivity index (χ4n) is 4.74. The molecule has 1 aliphatic carbocycles. The lowest BCUT2D eigenvalue weighted by atomic mass is 9.77. The topological polar surface area (TPSA) is 68.7 Å². The fraction of sp³-hybridized carbons (Fsp3) is 0.440. The summed E-state index contributed by atoms with van der Waals surface area (Å²) in [7, 11) is 0. The van der Waals surface area contributed by atoms with Gasteiger partial charge in [0.1, 0.15) is 29.4 Å². The highest BCUT2D eigenvalue weighted by Crippen LogP contribution is 2.44. The second-order valence-corrected chi connectivity index (χ2v) is 8.76. The Labute approximate surface area is 190 Å². The minimum absolute atomic E-state index is 0.0830. The third kappa shape index (κ3) is 5.67. The molecule has 0 radical (unpaired) electrons. The Bertz CT molecular complexity index is 996. The van der Waals surface area contributed by atoms with E-state index in [2.05, 4.69) is 4.98 Å². The first-order valence-corrected chi connectivity index (χ1v) is 11.1. The van der Waals surface area contributed by atoms with E-state index in [0.717, 1.165) is 49.6 Å². The summed E-state index contributed by atoms with van der Waals surface area (Å²) in [6, 6.07) is 9.74. The number of hydrogen-bond donors (Lipinski definition) is 1. The van der Waals surface area contributed by atoms with Gasteiger partial charge < -0.3 is 14.6 Å². The fourth-order valence-corrected chi connectivity index (χ4v) is 4.74. The van der Waals surface area contributed by atoms with Gasteiger partial charge in [-0.3, -0.25) is 4.98 Å². The first kappa shape index (κ1) is 23.1. The van der Waals surface area contributed by atoms with Gasteiger partial charge in [-0.2, -0.15) is 13.2 Å². The van der Waals surface area contributed by atoms with Crippen LogP contribution in [0.25, 0.3) is 0 Å². The number of cyclic esters (lactones) is 1. The number of aliphatic hydroxyl groups excluding tert-OH is 1. The van der Waals surface area contributed by atoms with E-state index in [1.165, 1.54) is 6.07 Å². The summed E-state index contributed by atoms with van der Waals surface area (Å²) in [6.45, 7) is 0.108. The molecule has 176 valence electrons. The highest BCUT2D eigenvalue weighted by atomic mass is 19.4. The van der Waals surface area contributed by atoms with Crippen LogP contribution in [0.3, 0.4) is 0 Å². The molecule has 2 aliphatic rings. The van der Waals surface area contributed by atoms with E-state index >= 15 is 0 Å². The highest BCUT2D eigenvalue weighted by molar-refractivity contribution is 5.83. The molecule has 1 saturated carbocycles. The van der Waals surface area contributed by atoms with Gasteiger partial charge in [0.2, 0.25) is 0 Å². The van der Waals surface area contributed by atoms with Crippen LogP contribution in [-0.4, -0.2) is 21.7 Å². The second kappa shape index (κ2) is 9.45. The molecule has 1 fully saturated rings. The summed E-state index contributed by atoms with van der Waals surface area (Å²) in [6.07, 6.45) is 3.71. The molecular formula is C25H26F3NO4. The van der Waals surface area contributed by atoms with Crippen molar-refractivity contribution in [3.05, 3.63) is 71.3 Å². The van der Waals surface area contributed by atoms with Crippen LogP contribution >= 0.6 is 0 Å². The van der Waals surface area contributed by atoms with Crippen LogP contribution in [0.5, 0.6) is 5.75 Å². The molecule has 1 aromatic carbocycles. The zero-order valence-electron chi connectivity index (χ0n) is 18.1. The molecule has 1 unspecified atom stereocenters. The van der Waals surface area contributed by atoms with Crippen LogP contribution < -0.4 is 4.74 Å². The zero-order chi connectivity index (χ0) is 23.5. The molecule has 1 N–H and O–H groups in total. The molecule has 0 spiro atoms. The van der Waals surface area contributed by atoms with Gasteiger partial charge in [0.25, 0.3) is 0 Å². The number of carbonyl (C=O) groups excluding carboxylic acids is 1. The molecule has 33 heavy (non-hydrogen) atoms. The van der Waals surface area contributed by atoms with E-state index < -0.39 is 23.4 Å². The molecular weight excluding hydrogens is 435 g/mol. The largest absolute Gasteiger partial charge is 0.512 e. The first-order chi connectivity index (χ1) is 15.7. The number of halogens is 3. The van der Waals surface area contributed by atoms with E-state index in [0.29, 0.717) is 30.6 Å². The first-order valence-electron chi connectivity index (χ1n) is 11.1. The molecule has 8 heteroatoms. The predicted molar refractivity (Wildman–Crippen MR) is 114 cm³/mol. The number of ether oxygens (including phenoxy) is 2.